The molecule has 0 atom stereocenters. The quantitative estimate of drug-likeness (QED) is 0.551. The molecule has 0 radical (unpaired) electrons. The highest BCUT2D eigenvalue weighted by atomic mass is 16.1. The predicted molar refractivity (Wildman–Crippen MR) is 114 cm³/mol. The first-order valence-corrected chi connectivity index (χ1v) is 10.1. The summed E-state index contributed by atoms with van der Waals surface area (Å²) in [6.45, 7) is 4.67. The number of nitrogens with one attached hydrogen (secondary N) is 2. The molecule has 0 aliphatic heterocycles. The molecule has 4 rings (SSSR count). The lowest BCUT2D eigenvalue weighted by molar-refractivity contribution is 0.0953. The minimum Gasteiger partial charge on any atom is -0.383 e. The summed E-state index contributed by atoms with van der Waals surface area (Å²) in [5, 5.41) is 20.5. The van der Waals surface area contributed by atoms with E-state index in [2.05, 4.69) is 25.7 Å². The Kier molecular flexibility index (Phi) is 5.23. The molecule has 9 heteroatoms. The fourth-order valence-electron chi connectivity index (χ4n) is 3.29. The van der Waals surface area contributed by atoms with E-state index in [4.69, 9.17) is 11.0 Å². The highest BCUT2D eigenvalue weighted by molar-refractivity contribution is 5.99. The number of pyridine rings is 2. The third kappa shape index (κ3) is 4.03. The molecule has 9 nitrogen and oxygen atoms in total. The fraction of sp³-hybridized carbons (Fsp3) is 0.381. The number of nitriles is 1. The van der Waals surface area contributed by atoms with E-state index in [9.17, 15) is 4.79 Å². The molecule has 30 heavy (non-hydrogen) atoms. The van der Waals surface area contributed by atoms with Crippen LogP contribution < -0.4 is 16.4 Å². The molecule has 1 saturated carbocycles. The van der Waals surface area contributed by atoms with Crippen molar-refractivity contribution < 1.29 is 4.79 Å². The highest BCUT2D eigenvalue weighted by Gasteiger charge is 2.22. The summed E-state index contributed by atoms with van der Waals surface area (Å²) in [6.07, 6.45) is 6.70. The van der Waals surface area contributed by atoms with Gasteiger partial charge in [-0.05, 0) is 32.3 Å². The van der Waals surface area contributed by atoms with Crippen LogP contribution in [0.4, 0.5) is 11.5 Å². The first kappa shape index (κ1) is 19.6. The summed E-state index contributed by atoms with van der Waals surface area (Å²) < 4.78 is 1.55. The summed E-state index contributed by atoms with van der Waals surface area (Å²) in [4.78, 5) is 21.5. The number of hydrogen-bond donors (Lipinski definition) is 3. The van der Waals surface area contributed by atoms with Crippen molar-refractivity contribution in [2.24, 2.45) is 5.92 Å². The third-order valence-corrected chi connectivity index (χ3v) is 5.02. The molecule has 3 aromatic rings. The predicted octanol–water partition coefficient (Wildman–Crippen LogP) is 2.62. The number of anilines is 2. The molecule has 1 aliphatic carbocycles. The number of fused-ring (bicyclic) bond motifs is 1. The molecule has 3 aromatic heterocycles. The van der Waals surface area contributed by atoms with Crippen LogP contribution in [0.25, 0.3) is 16.9 Å². The number of hydrogen-bond acceptors (Lipinski definition) is 7. The number of nitrogen functional groups attached to an aromatic ring is 1. The van der Waals surface area contributed by atoms with E-state index >= 15 is 0 Å². The van der Waals surface area contributed by atoms with Gasteiger partial charge in [0, 0.05) is 30.2 Å². The summed E-state index contributed by atoms with van der Waals surface area (Å²) in [7, 11) is 0. The lowest BCUT2D eigenvalue weighted by Crippen LogP contribution is -2.27. The zero-order valence-electron chi connectivity index (χ0n) is 17.0. The van der Waals surface area contributed by atoms with E-state index in [1.54, 1.807) is 29.2 Å². The monoisotopic (exact) mass is 404 g/mol. The van der Waals surface area contributed by atoms with E-state index in [-0.39, 0.29) is 17.8 Å². The second-order valence-corrected chi connectivity index (χ2v) is 7.88. The van der Waals surface area contributed by atoms with Crippen molar-refractivity contribution in [3.8, 4) is 11.9 Å². The van der Waals surface area contributed by atoms with Crippen LogP contribution in [0, 0.1) is 17.2 Å². The molecule has 0 bridgehead atoms. The largest absolute Gasteiger partial charge is 0.383 e. The topological polar surface area (TPSA) is 135 Å². The number of nitrogens with zero attached hydrogens (tertiary/aromatic N) is 5. The molecule has 1 aliphatic rings. The van der Waals surface area contributed by atoms with Gasteiger partial charge in [0.05, 0.1) is 23.0 Å². The summed E-state index contributed by atoms with van der Waals surface area (Å²) in [5.74, 6) is 1.25. The van der Waals surface area contributed by atoms with Gasteiger partial charge in [-0.15, -0.1) is 0 Å². The van der Waals surface area contributed by atoms with Crippen LogP contribution in [-0.4, -0.2) is 38.2 Å². The zero-order chi connectivity index (χ0) is 21.3. The van der Waals surface area contributed by atoms with Gasteiger partial charge in [-0.2, -0.15) is 15.0 Å². The molecular weight excluding hydrogens is 380 g/mol. The summed E-state index contributed by atoms with van der Waals surface area (Å²) in [5.41, 5.74) is 7.83. The van der Waals surface area contributed by atoms with Gasteiger partial charge in [0.1, 0.15) is 11.9 Å². The molecule has 0 spiro atoms. The van der Waals surface area contributed by atoms with Crippen LogP contribution in [0.3, 0.4) is 0 Å². The smallest absolute Gasteiger partial charge is 0.254 e. The van der Waals surface area contributed by atoms with Crippen LogP contribution in [0.2, 0.25) is 0 Å². The number of rotatable bonds is 7. The van der Waals surface area contributed by atoms with E-state index in [0.717, 1.165) is 12.3 Å². The number of carbonyl (C=O) groups is 1. The maximum atomic E-state index is 12.7. The number of nitrogens with two attached hydrogens (primary N) is 1. The van der Waals surface area contributed by atoms with Crippen molar-refractivity contribution in [1.82, 2.24) is 25.1 Å². The Hall–Kier alpha value is -3.67. The Bertz CT molecular complexity index is 1140. The lowest BCUT2D eigenvalue weighted by Gasteiger charge is -2.16. The SMILES string of the molecule is CC(C)Nc1cc(-n2ncc3cc(C#N)c(N)nc32)ncc1C(=O)NCCC1CC1. The van der Waals surface area contributed by atoms with E-state index in [1.165, 1.54) is 12.8 Å². The molecular formula is C21H24N8O. The molecule has 4 N–H and O–H groups in total. The van der Waals surface area contributed by atoms with Crippen LogP contribution in [0.15, 0.2) is 24.5 Å². The average Bonchev–Trinajstić information content (AvgIpc) is 3.45. The molecule has 3 heterocycles. The Morgan fingerprint density at radius 3 is 2.87 bits per heavy atom. The Labute approximate surface area is 174 Å². The van der Waals surface area contributed by atoms with Gasteiger partial charge in [0.15, 0.2) is 11.5 Å². The second-order valence-electron chi connectivity index (χ2n) is 7.88. The first-order chi connectivity index (χ1) is 14.5. The average molecular weight is 404 g/mol. The Morgan fingerprint density at radius 2 is 2.17 bits per heavy atom. The van der Waals surface area contributed by atoms with Gasteiger partial charge < -0.3 is 16.4 Å². The minimum atomic E-state index is -0.149. The maximum absolute atomic E-state index is 12.7. The maximum Gasteiger partial charge on any atom is 0.254 e. The fourth-order valence-corrected chi connectivity index (χ4v) is 3.29. The molecule has 154 valence electrons. The van der Waals surface area contributed by atoms with E-state index in [1.807, 2.05) is 19.9 Å². The van der Waals surface area contributed by atoms with Crippen LogP contribution in [-0.2, 0) is 0 Å². The minimum absolute atomic E-state index is 0.125. The molecule has 0 saturated heterocycles. The van der Waals surface area contributed by atoms with E-state index in [0.29, 0.717) is 40.2 Å². The van der Waals surface area contributed by atoms with Crippen LogP contribution in [0.1, 0.15) is 49.0 Å². The molecule has 1 amide bonds. The number of amides is 1. The first-order valence-electron chi connectivity index (χ1n) is 10.1. The lowest BCUT2D eigenvalue weighted by atomic mass is 10.2. The van der Waals surface area contributed by atoms with Crippen molar-refractivity contribution in [3.63, 3.8) is 0 Å². The Morgan fingerprint density at radius 1 is 1.37 bits per heavy atom. The van der Waals surface area contributed by atoms with Crippen molar-refractivity contribution in [1.29, 1.82) is 5.26 Å². The highest BCUT2D eigenvalue weighted by Crippen LogP contribution is 2.31. The van der Waals surface area contributed by atoms with Gasteiger partial charge >= 0.3 is 0 Å². The number of carbonyl (C=O) groups excluding carboxylic acids is 1. The van der Waals surface area contributed by atoms with Crippen molar-refractivity contribution >= 4 is 28.4 Å². The Balaban J connectivity index is 1.67. The molecule has 1 fully saturated rings. The van der Waals surface area contributed by atoms with Crippen molar-refractivity contribution in [2.45, 2.75) is 39.2 Å². The van der Waals surface area contributed by atoms with Crippen LogP contribution >= 0.6 is 0 Å². The third-order valence-electron chi connectivity index (χ3n) is 5.02. The number of aromatic nitrogens is 4. The standard InChI is InChI=1S/C21H24N8O/c1-12(2)27-17-8-18(25-11-16(17)21(30)24-6-5-13-3-4-13)29-20-15(10-26-29)7-14(9-22)19(23)28-20/h7-8,10-13H,3-6H2,1-2H3,(H2,23,28)(H,24,30)(H,25,27). The van der Waals surface area contributed by atoms with Gasteiger partial charge in [-0.1, -0.05) is 12.8 Å². The normalized spacial score (nSPS) is 13.4. The summed E-state index contributed by atoms with van der Waals surface area (Å²) >= 11 is 0. The second kappa shape index (κ2) is 7.99. The van der Waals surface area contributed by atoms with E-state index < -0.39 is 0 Å². The van der Waals surface area contributed by atoms with Gasteiger partial charge in [-0.3, -0.25) is 4.79 Å². The molecule has 0 aromatic carbocycles. The summed E-state index contributed by atoms with van der Waals surface area (Å²) in [6, 6.07) is 5.57. The van der Waals surface area contributed by atoms with Gasteiger partial charge in [0.2, 0.25) is 0 Å². The zero-order valence-corrected chi connectivity index (χ0v) is 17.0. The van der Waals surface area contributed by atoms with Crippen LogP contribution in [0.5, 0.6) is 0 Å². The van der Waals surface area contributed by atoms with Crippen molar-refractivity contribution in [2.75, 3.05) is 17.6 Å². The van der Waals surface area contributed by atoms with Crippen molar-refractivity contribution in [3.05, 3.63) is 35.7 Å². The van der Waals surface area contributed by atoms with Gasteiger partial charge in [0.25, 0.3) is 5.91 Å². The molecule has 0 unspecified atom stereocenters. The van der Waals surface area contributed by atoms with Gasteiger partial charge in [-0.25, -0.2) is 9.97 Å².